The Labute approximate surface area is 193 Å². The molecule has 2 aromatic carbocycles. The van der Waals surface area contributed by atoms with Crippen molar-refractivity contribution in [3.63, 3.8) is 0 Å². The second kappa shape index (κ2) is 17.2. The number of nitrogens with zero attached hydrogens (tertiary/aromatic N) is 2. The van der Waals surface area contributed by atoms with E-state index < -0.39 is 0 Å². The van der Waals surface area contributed by atoms with E-state index in [9.17, 15) is 5.11 Å². The van der Waals surface area contributed by atoms with Crippen LogP contribution in [-0.2, 0) is 16.1 Å². The van der Waals surface area contributed by atoms with Crippen LogP contribution < -0.4 is 0 Å². The maximum absolute atomic E-state index is 9.35. The average molecular weight is 437 g/mol. The largest absolute Gasteiger partial charge is 0.508 e. The molecule has 0 fully saturated rings. The first-order valence-corrected chi connectivity index (χ1v) is 10.3. The van der Waals surface area contributed by atoms with Gasteiger partial charge < -0.3 is 14.6 Å². The van der Waals surface area contributed by atoms with Gasteiger partial charge in [-0.3, -0.25) is 5.01 Å². The number of terminal acetylenes is 1. The standard InChI is InChI=1S/C16H22N2O2.C9H12O.C2H2/c1-5-12-20-13(2)6-11-16(18(4)17-3)14-7-9-15(19)10-8-14;1-8-3-5-9(6-4-8)7-10-2;1-2/h7-11,19H,2-3,5-6,12H2,1,4H3;3-6H,7H2,1-2H3;1-2H/b16-11-;;. The number of ether oxygens (including phenoxy) is 2. The Morgan fingerprint density at radius 3 is 2.22 bits per heavy atom. The molecule has 0 aliphatic rings. The van der Waals surface area contributed by atoms with Gasteiger partial charge in [0.25, 0.3) is 0 Å². The molecule has 0 aliphatic carbocycles. The van der Waals surface area contributed by atoms with Crippen LogP contribution in [0.15, 0.2) is 72.0 Å². The second-order valence-electron chi connectivity index (χ2n) is 6.81. The summed E-state index contributed by atoms with van der Waals surface area (Å²) in [5.74, 6) is 0.957. The first-order chi connectivity index (χ1) is 15.4. The third-order valence-electron chi connectivity index (χ3n) is 4.19. The number of aryl methyl sites for hydroxylation is 1. The number of benzene rings is 2. The topological polar surface area (TPSA) is 54.3 Å². The average Bonchev–Trinajstić information content (AvgIpc) is 2.82. The zero-order chi connectivity index (χ0) is 24.4. The smallest absolute Gasteiger partial charge is 0.115 e. The molecule has 2 aromatic rings. The summed E-state index contributed by atoms with van der Waals surface area (Å²) in [7, 11) is 3.53. The molecule has 2 rings (SSSR count). The molecular weight excluding hydrogens is 400 g/mol. The van der Waals surface area contributed by atoms with E-state index in [1.807, 2.05) is 25.3 Å². The van der Waals surface area contributed by atoms with Crippen molar-refractivity contribution in [3.05, 3.63) is 83.6 Å². The van der Waals surface area contributed by atoms with Gasteiger partial charge in [-0.25, -0.2) is 0 Å². The summed E-state index contributed by atoms with van der Waals surface area (Å²) in [6.07, 6.45) is 11.6. The maximum Gasteiger partial charge on any atom is 0.115 e. The minimum absolute atomic E-state index is 0.234. The van der Waals surface area contributed by atoms with Crippen LogP contribution in [0.2, 0.25) is 0 Å². The van der Waals surface area contributed by atoms with E-state index in [-0.39, 0.29) is 5.75 Å². The summed E-state index contributed by atoms with van der Waals surface area (Å²) in [6.45, 7) is 12.9. The predicted molar refractivity (Wildman–Crippen MR) is 135 cm³/mol. The number of aromatic hydroxyl groups is 1. The van der Waals surface area contributed by atoms with Crippen LogP contribution in [0.4, 0.5) is 0 Å². The van der Waals surface area contributed by atoms with Crippen LogP contribution >= 0.6 is 0 Å². The summed E-state index contributed by atoms with van der Waals surface area (Å²) in [6, 6.07) is 15.3. The quantitative estimate of drug-likeness (QED) is 0.215. The predicted octanol–water partition coefficient (Wildman–Crippen LogP) is 6.00. The number of methoxy groups -OCH3 is 1. The normalized spacial score (nSPS) is 10.0. The Balaban J connectivity index is 0.000000668. The van der Waals surface area contributed by atoms with Gasteiger partial charge in [-0.15, -0.1) is 12.8 Å². The van der Waals surface area contributed by atoms with Crippen molar-refractivity contribution in [1.82, 2.24) is 5.01 Å². The molecule has 0 aromatic heterocycles. The molecule has 0 spiro atoms. The highest BCUT2D eigenvalue weighted by Crippen LogP contribution is 2.22. The number of hydrogen-bond donors (Lipinski definition) is 1. The molecule has 0 saturated carbocycles. The molecule has 0 atom stereocenters. The van der Waals surface area contributed by atoms with Crippen molar-refractivity contribution in [3.8, 4) is 18.6 Å². The molecule has 172 valence electrons. The molecule has 0 bridgehead atoms. The fraction of sp³-hybridized carbons (Fsp3) is 0.296. The van der Waals surface area contributed by atoms with Crippen molar-refractivity contribution < 1.29 is 14.6 Å². The number of rotatable bonds is 10. The van der Waals surface area contributed by atoms with E-state index in [0.29, 0.717) is 19.6 Å². The molecule has 0 aliphatic heterocycles. The van der Waals surface area contributed by atoms with Gasteiger partial charge in [-0.2, -0.15) is 5.10 Å². The summed E-state index contributed by atoms with van der Waals surface area (Å²) < 4.78 is 10.4. The van der Waals surface area contributed by atoms with Crippen LogP contribution in [0.5, 0.6) is 5.75 Å². The van der Waals surface area contributed by atoms with E-state index in [1.165, 1.54) is 11.1 Å². The molecule has 0 heterocycles. The second-order valence-corrected chi connectivity index (χ2v) is 6.81. The minimum atomic E-state index is 0.234. The molecule has 0 radical (unpaired) electrons. The molecule has 5 nitrogen and oxygen atoms in total. The minimum Gasteiger partial charge on any atom is -0.508 e. The first-order valence-electron chi connectivity index (χ1n) is 10.3. The van der Waals surface area contributed by atoms with Crippen LogP contribution in [-0.4, -0.2) is 37.6 Å². The van der Waals surface area contributed by atoms with Crippen molar-refractivity contribution >= 4 is 12.4 Å². The van der Waals surface area contributed by atoms with Crippen molar-refractivity contribution in [2.24, 2.45) is 5.10 Å². The number of hydrazone groups is 1. The molecule has 1 N–H and O–H groups in total. The summed E-state index contributed by atoms with van der Waals surface area (Å²) in [5, 5.41) is 14.9. The van der Waals surface area contributed by atoms with Crippen LogP contribution in [0.1, 0.15) is 36.5 Å². The summed E-state index contributed by atoms with van der Waals surface area (Å²) in [4.78, 5) is 0. The van der Waals surface area contributed by atoms with Gasteiger partial charge in [0.05, 0.1) is 24.7 Å². The molecular formula is C27H36N2O3. The van der Waals surface area contributed by atoms with Gasteiger partial charge in [0.1, 0.15) is 5.75 Å². The highest BCUT2D eigenvalue weighted by Gasteiger charge is 2.06. The zero-order valence-corrected chi connectivity index (χ0v) is 19.8. The van der Waals surface area contributed by atoms with E-state index in [2.05, 4.69) is 69.4 Å². The number of phenols is 1. The van der Waals surface area contributed by atoms with Gasteiger partial charge >= 0.3 is 0 Å². The maximum atomic E-state index is 9.35. The number of phenolic OH excluding ortho intramolecular Hbond substituents is 1. The Kier molecular flexibility index (Phi) is 15.3. The van der Waals surface area contributed by atoms with Crippen molar-refractivity contribution in [1.29, 1.82) is 0 Å². The lowest BCUT2D eigenvalue weighted by molar-refractivity contribution is 0.185. The third kappa shape index (κ3) is 11.6. The fourth-order valence-electron chi connectivity index (χ4n) is 2.51. The number of hydrogen-bond acceptors (Lipinski definition) is 5. The van der Waals surface area contributed by atoms with Crippen LogP contribution in [0.25, 0.3) is 5.70 Å². The highest BCUT2D eigenvalue weighted by molar-refractivity contribution is 5.64. The van der Waals surface area contributed by atoms with Gasteiger partial charge in [0.15, 0.2) is 0 Å². The van der Waals surface area contributed by atoms with Crippen molar-refractivity contribution in [2.75, 3.05) is 20.8 Å². The summed E-state index contributed by atoms with van der Waals surface area (Å²) in [5.41, 5.74) is 4.36. The molecule has 32 heavy (non-hydrogen) atoms. The van der Waals surface area contributed by atoms with Crippen molar-refractivity contribution in [2.45, 2.75) is 33.3 Å². The Hall–Kier alpha value is -3.49. The Morgan fingerprint density at radius 2 is 1.72 bits per heavy atom. The van der Waals surface area contributed by atoms with Crippen LogP contribution in [0.3, 0.4) is 0 Å². The molecule has 0 unspecified atom stereocenters. The Morgan fingerprint density at radius 1 is 1.12 bits per heavy atom. The lowest BCUT2D eigenvalue weighted by atomic mass is 10.1. The lowest BCUT2D eigenvalue weighted by Crippen LogP contribution is -2.09. The van der Waals surface area contributed by atoms with E-state index >= 15 is 0 Å². The van der Waals surface area contributed by atoms with E-state index in [4.69, 9.17) is 9.47 Å². The Bertz CT molecular complexity index is 837. The van der Waals surface area contributed by atoms with E-state index in [0.717, 1.165) is 23.4 Å². The van der Waals surface area contributed by atoms with Gasteiger partial charge in [0.2, 0.25) is 0 Å². The third-order valence-corrected chi connectivity index (χ3v) is 4.19. The van der Waals surface area contributed by atoms with Gasteiger partial charge in [0, 0.05) is 27.3 Å². The lowest BCUT2D eigenvalue weighted by Gasteiger charge is -2.17. The first kappa shape index (κ1) is 28.5. The van der Waals surface area contributed by atoms with Gasteiger partial charge in [-0.1, -0.05) is 49.4 Å². The number of allylic oxidation sites excluding steroid dienone is 1. The summed E-state index contributed by atoms with van der Waals surface area (Å²) >= 11 is 0. The SMILES string of the molecule is C#C.C=NN(C)/C(=C\CC(=C)OCCC)c1ccc(O)cc1.COCc1ccc(C)cc1. The zero-order valence-electron chi connectivity index (χ0n) is 19.8. The monoisotopic (exact) mass is 436 g/mol. The molecule has 0 amide bonds. The fourth-order valence-corrected chi connectivity index (χ4v) is 2.51. The van der Waals surface area contributed by atoms with E-state index in [1.54, 1.807) is 24.3 Å². The van der Waals surface area contributed by atoms with Gasteiger partial charge in [-0.05, 0) is 48.7 Å². The molecule has 5 heteroatoms. The molecule has 0 saturated heterocycles. The highest BCUT2D eigenvalue weighted by atomic mass is 16.5. The van der Waals surface area contributed by atoms with Crippen LogP contribution in [0, 0.1) is 19.8 Å².